The lowest BCUT2D eigenvalue weighted by Gasteiger charge is -2.08. The van der Waals surface area contributed by atoms with Crippen molar-refractivity contribution in [1.82, 2.24) is 14.8 Å². The molecule has 6 nitrogen and oxygen atoms in total. The highest BCUT2D eigenvalue weighted by atomic mass is 35.5. The van der Waals surface area contributed by atoms with Crippen molar-refractivity contribution >= 4 is 17.6 Å². The summed E-state index contributed by atoms with van der Waals surface area (Å²) in [7, 11) is 1.73. The molecule has 2 heterocycles. The SMILES string of the molecule is Cc1nn(C)c(Cl)c1COc1cnccc1C(=O)O. The Morgan fingerprint density at radius 1 is 1.58 bits per heavy atom. The molecule has 0 radical (unpaired) electrons. The van der Waals surface area contributed by atoms with E-state index >= 15 is 0 Å². The zero-order chi connectivity index (χ0) is 14.0. The largest absolute Gasteiger partial charge is 0.486 e. The molecule has 0 atom stereocenters. The zero-order valence-corrected chi connectivity index (χ0v) is 11.2. The molecule has 0 aliphatic heterocycles. The van der Waals surface area contributed by atoms with Crippen molar-refractivity contribution < 1.29 is 14.6 Å². The summed E-state index contributed by atoms with van der Waals surface area (Å²) in [6.07, 6.45) is 2.77. The number of hydrogen-bond acceptors (Lipinski definition) is 4. The van der Waals surface area contributed by atoms with Gasteiger partial charge in [-0.05, 0) is 13.0 Å². The van der Waals surface area contributed by atoms with E-state index in [0.717, 1.165) is 11.3 Å². The van der Waals surface area contributed by atoms with Crippen LogP contribution in [0.2, 0.25) is 5.15 Å². The Morgan fingerprint density at radius 3 is 2.89 bits per heavy atom. The van der Waals surface area contributed by atoms with Gasteiger partial charge in [-0.3, -0.25) is 9.67 Å². The molecule has 2 aromatic rings. The predicted molar refractivity (Wildman–Crippen MR) is 68.5 cm³/mol. The first-order valence-corrected chi connectivity index (χ1v) is 5.86. The standard InChI is InChI=1S/C12H12ClN3O3/c1-7-9(11(13)16(2)15-7)6-19-10-5-14-4-3-8(10)12(17)18/h3-5H,6H2,1-2H3,(H,17,18). The number of hydrogen-bond donors (Lipinski definition) is 1. The molecule has 19 heavy (non-hydrogen) atoms. The highest BCUT2D eigenvalue weighted by molar-refractivity contribution is 6.30. The molecule has 0 aliphatic rings. The molecule has 2 aromatic heterocycles. The topological polar surface area (TPSA) is 77.2 Å². The maximum absolute atomic E-state index is 11.0. The zero-order valence-electron chi connectivity index (χ0n) is 10.4. The summed E-state index contributed by atoms with van der Waals surface area (Å²) < 4.78 is 7.02. The van der Waals surface area contributed by atoms with Gasteiger partial charge in [0.1, 0.15) is 17.3 Å². The Balaban J connectivity index is 2.22. The fourth-order valence-corrected chi connectivity index (χ4v) is 1.89. The molecule has 100 valence electrons. The van der Waals surface area contributed by atoms with Crippen LogP contribution in [0, 0.1) is 6.92 Å². The molecule has 0 bridgehead atoms. The summed E-state index contributed by atoms with van der Waals surface area (Å²) in [5.41, 5.74) is 1.53. The number of rotatable bonds is 4. The predicted octanol–water partition coefficient (Wildman–Crippen LogP) is 2.05. The van der Waals surface area contributed by atoms with E-state index in [1.54, 1.807) is 7.05 Å². The van der Waals surface area contributed by atoms with Crippen LogP contribution >= 0.6 is 11.6 Å². The maximum atomic E-state index is 11.0. The van der Waals surface area contributed by atoms with Crippen LogP contribution in [0.25, 0.3) is 0 Å². The van der Waals surface area contributed by atoms with E-state index < -0.39 is 5.97 Å². The van der Waals surface area contributed by atoms with Gasteiger partial charge in [0.05, 0.1) is 11.9 Å². The summed E-state index contributed by atoms with van der Waals surface area (Å²) in [5, 5.41) is 13.6. The third kappa shape index (κ3) is 2.68. The van der Waals surface area contributed by atoms with E-state index in [2.05, 4.69) is 10.1 Å². The number of carbonyl (C=O) groups is 1. The minimum absolute atomic E-state index is 0.0627. The fourth-order valence-electron chi connectivity index (χ4n) is 1.66. The van der Waals surface area contributed by atoms with Gasteiger partial charge in [0.2, 0.25) is 0 Å². The van der Waals surface area contributed by atoms with Crippen LogP contribution in [-0.4, -0.2) is 25.8 Å². The van der Waals surface area contributed by atoms with Crippen LogP contribution in [0.3, 0.4) is 0 Å². The molecule has 2 rings (SSSR count). The number of pyridine rings is 1. The van der Waals surface area contributed by atoms with Crippen LogP contribution in [-0.2, 0) is 13.7 Å². The van der Waals surface area contributed by atoms with E-state index in [0.29, 0.717) is 5.15 Å². The second kappa shape index (κ2) is 5.27. The smallest absolute Gasteiger partial charge is 0.339 e. The molecule has 0 aromatic carbocycles. The van der Waals surface area contributed by atoms with Crippen molar-refractivity contribution in [3.05, 3.63) is 40.4 Å². The lowest BCUT2D eigenvalue weighted by Crippen LogP contribution is -2.04. The molecule has 0 unspecified atom stereocenters. The highest BCUT2D eigenvalue weighted by Gasteiger charge is 2.15. The number of nitrogens with zero attached hydrogens (tertiary/aromatic N) is 3. The monoisotopic (exact) mass is 281 g/mol. The first-order chi connectivity index (χ1) is 9.00. The van der Waals surface area contributed by atoms with Gasteiger partial charge in [-0.15, -0.1) is 0 Å². The minimum Gasteiger partial charge on any atom is -0.486 e. The van der Waals surface area contributed by atoms with Crippen LogP contribution in [0.1, 0.15) is 21.6 Å². The summed E-state index contributed by atoms with van der Waals surface area (Å²) in [6, 6.07) is 1.38. The van der Waals surface area contributed by atoms with Gasteiger partial charge in [0.15, 0.2) is 5.75 Å². The Kier molecular flexibility index (Phi) is 3.71. The normalized spacial score (nSPS) is 10.5. The van der Waals surface area contributed by atoms with Crippen molar-refractivity contribution in [3.8, 4) is 5.75 Å². The summed E-state index contributed by atoms with van der Waals surface area (Å²) in [5.74, 6) is -0.860. The quantitative estimate of drug-likeness (QED) is 0.928. The van der Waals surface area contributed by atoms with Gasteiger partial charge in [-0.2, -0.15) is 5.10 Å². The van der Waals surface area contributed by atoms with Crippen molar-refractivity contribution in [1.29, 1.82) is 0 Å². The van der Waals surface area contributed by atoms with Crippen molar-refractivity contribution in [3.63, 3.8) is 0 Å². The summed E-state index contributed by atoms with van der Waals surface area (Å²) in [4.78, 5) is 14.9. The third-order valence-electron chi connectivity index (χ3n) is 2.66. The number of ether oxygens (including phenoxy) is 1. The minimum atomic E-state index is -1.06. The number of carboxylic acid groups (broad SMARTS) is 1. The Labute approximate surface area is 114 Å². The molecule has 0 saturated heterocycles. The van der Waals surface area contributed by atoms with E-state index in [1.807, 2.05) is 6.92 Å². The number of aromatic nitrogens is 3. The molecule has 0 fully saturated rings. The molecule has 7 heteroatoms. The van der Waals surface area contributed by atoms with Crippen molar-refractivity contribution in [2.45, 2.75) is 13.5 Å². The lowest BCUT2D eigenvalue weighted by atomic mass is 10.2. The molecule has 1 N–H and O–H groups in total. The van der Waals surface area contributed by atoms with Gasteiger partial charge < -0.3 is 9.84 Å². The van der Waals surface area contributed by atoms with Gasteiger partial charge in [0.25, 0.3) is 0 Å². The summed E-state index contributed by atoms with van der Waals surface area (Å²) in [6.45, 7) is 1.95. The number of aromatic carboxylic acids is 1. The van der Waals surface area contributed by atoms with Gasteiger partial charge in [-0.1, -0.05) is 11.6 Å². The Bertz CT molecular complexity index is 625. The van der Waals surface area contributed by atoms with Crippen LogP contribution < -0.4 is 4.74 Å². The van der Waals surface area contributed by atoms with E-state index in [-0.39, 0.29) is 17.9 Å². The number of aryl methyl sites for hydroxylation is 2. The fraction of sp³-hybridized carbons (Fsp3) is 0.250. The number of halogens is 1. The molecule has 0 spiro atoms. The van der Waals surface area contributed by atoms with E-state index in [4.69, 9.17) is 21.4 Å². The first kappa shape index (κ1) is 13.4. The van der Waals surface area contributed by atoms with Crippen LogP contribution in [0.5, 0.6) is 5.75 Å². The van der Waals surface area contributed by atoms with E-state index in [1.165, 1.54) is 23.1 Å². The van der Waals surface area contributed by atoms with Crippen LogP contribution in [0.15, 0.2) is 18.5 Å². The Hall–Kier alpha value is -2.08. The second-order valence-corrected chi connectivity index (χ2v) is 4.30. The van der Waals surface area contributed by atoms with Gasteiger partial charge in [-0.25, -0.2) is 4.79 Å². The second-order valence-electron chi connectivity index (χ2n) is 3.94. The Morgan fingerprint density at radius 2 is 2.32 bits per heavy atom. The molecular weight excluding hydrogens is 270 g/mol. The van der Waals surface area contributed by atoms with Crippen molar-refractivity contribution in [2.75, 3.05) is 0 Å². The van der Waals surface area contributed by atoms with Gasteiger partial charge >= 0.3 is 5.97 Å². The van der Waals surface area contributed by atoms with Gasteiger partial charge in [0, 0.05) is 18.8 Å². The third-order valence-corrected chi connectivity index (χ3v) is 3.13. The lowest BCUT2D eigenvalue weighted by molar-refractivity contribution is 0.0691. The number of carboxylic acids is 1. The highest BCUT2D eigenvalue weighted by Crippen LogP contribution is 2.22. The van der Waals surface area contributed by atoms with Crippen LogP contribution in [0.4, 0.5) is 0 Å². The van der Waals surface area contributed by atoms with E-state index in [9.17, 15) is 4.79 Å². The first-order valence-electron chi connectivity index (χ1n) is 5.48. The molecule has 0 aliphatic carbocycles. The average Bonchev–Trinajstić information content (AvgIpc) is 2.61. The molecule has 0 saturated carbocycles. The van der Waals surface area contributed by atoms with Crippen molar-refractivity contribution in [2.24, 2.45) is 7.05 Å². The molecule has 0 amide bonds. The molecular formula is C12H12ClN3O3. The average molecular weight is 282 g/mol. The maximum Gasteiger partial charge on any atom is 0.339 e. The summed E-state index contributed by atoms with van der Waals surface area (Å²) >= 11 is 6.07.